The molecule has 114 valence electrons. The van der Waals surface area contributed by atoms with Gasteiger partial charge in [0.2, 0.25) is 11.9 Å². The first-order valence-electron chi connectivity index (χ1n) is 6.72. The Kier molecular flexibility index (Phi) is 3.97. The van der Waals surface area contributed by atoms with Gasteiger partial charge in [-0.25, -0.2) is 9.97 Å². The van der Waals surface area contributed by atoms with E-state index in [9.17, 15) is 9.00 Å². The first-order valence-corrected chi connectivity index (χ1v) is 8.48. The maximum absolute atomic E-state index is 12.4. The number of nitrogens with zero attached hydrogens (tertiary/aromatic N) is 3. The summed E-state index contributed by atoms with van der Waals surface area (Å²) < 4.78 is 12.4. The first-order chi connectivity index (χ1) is 10.5. The van der Waals surface area contributed by atoms with Crippen molar-refractivity contribution in [3.8, 4) is 0 Å². The maximum atomic E-state index is 12.4. The van der Waals surface area contributed by atoms with Crippen LogP contribution in [-0.2, 0) is 15.6 Å². The van der Waals surface area contributed by atoms with Crippen LogP contribution in [0.1, 0.15) is 22.3 Å². The molecular formula is C15H14ClN3O2S. The van der Waals surface area contributed by atoms with E-state index >= 15 is 0 Å². The summed E-state index contributed by atoms with van der Waals surface area (Å²) in [5.41, 5.74) is 2.25. The molecule has 0 N–H and O–H groups in total. The van der Waals surface area contributed by atoms with Crippen molar-refractivity contribution in [3.05, 3.63) is 52.3 Å². The topological polar surface area (TPSA) is 63.2 Å². The molecule has 0 saturated carbocycles. The van der Waals surface area contributed by atoms with Crippen LogP contribution in [-0.4, -0.2) is 25.8 Å². The second-order valence-electron chi connectivity index (χ2n) is 5.15. The summed E-state index contributed by atoms with van der Waals surface area (Å²) >= 11 is 6.02. The van der Waals surface area contributed by atoms with Gasteiger partial charge in [-0.1, -0.05) is 23.7 Å². The number of anilines is 1. The summed E-state index contributed by atoms with van der Waals surface area (Å²) in [5, 5.41) is -0.0671. The summed E-state index contributed by atoms with van der Waals surface area (Å²) in [6.45, 7) is 3.67. The predicted molar refractivity (Wildman–Crippen MR) is 86.2 cm³/mol. The van der Waals surface area contributed by atoms with Crippen LogP contribution in [0.4, 0.5) is 5.95 Å². The molecule has 3 rings (SSSR count). The van der Waals surface area contributed by atoms with Crippen LogP contribution in [0.2, 0.25) is 5.02 Å². The highest BCUT2D eigenvalue weighted by molar-refractivity contribution is 7.86. The molecule has 1 aromatic carbocycles. The molecule has 1 amide bonds. The molecule has 1 aliphatic rings. The van der Waals surface area contributed by atoms with E-state index in [4.69, 9.17) is 11.6 Å². The zero-order valence-electron chi connectivity index (χ0n) is 12.1. The fourth-order valence-corrected chi connectivity index (χ4v) is 4.15. The number of carbonyl (C=O) groups is 1. The van der Waals surface area contributed by atoms with Gasteiger partial charge in [0, 0.05) is 16.4 Å². The zero-order valence-corrected chi connectivity index (χ0v) is 13.7. The van der Waals surface area contributed by atoms with Crippen LogP contribution in [0.3, 0.4) is 0 Å². The minimum atomic E-state index is -1.36. The minimum absolute atomic E-state index is 0.0342. The molecule has 1 saturated heterocycles. The number of benzene rings is 1. The van der Waals surface area contributed by atoms with E-state index in [0.29, 0.717) is 11.0 Å². The number of hydrogen-bond donors (Lipinski definition) is 0. The molecule has 1 fully saturated rings. The van der Waals surface area contributed by atoms with Crippen molar-refractivity contribution in [1.82, 2.24) is 9.97 Å². The molecule has 2 atom stereocenters. The normalized spacial score (nSPS) is 21.4. The van der Waals surface area contributed by atoms with Gasteiger partial charge < -0.3 is 0 Å². The van der Waals surface area contributed by atoms with E-state index in [-0.39, 0.29) is 11.7 Å². The lowest BCUT2D eigenvalue weighted by atomic mass is 10.2. The minimum Gasteiger partial charge on any atom is -0.273 e. The molecule has 1 aromatic heterocycles. The molecule has 2 unspecified atom stereocenters. The van der Waals surface area contributed by atoms with E-state index in [1.165, 1.54) is 4.90 Å². The number of hydrogen-bond acceptors (Lipinski definition) is 4. The SMILES string of the molecule is Cc1cc(C)nc(N2C(=O)CS(=O)C2c2cccc(Cl)c2)n1. The van der Waals surface area contributed by atoms with Gasteiger partial charge >= 0.3 is 0 Å². The average Bonchev–Trinajstić information content (AvgIpc) is 2.72. The van der Waals surface area contributed by atoms with Crippen LogP contribution in [0, 0.1) is 13.8 Å². The number of aryl methyl sites for hydroxylation is 2. The van der Waals surface area contributed by atoms with Crippen molar-refractivity contribution >= 4 is 34.3 Å². The van der Waals surface area contributed by atoms with Crippen molar-refractivity contribution in [2.45, 2.75) is 19.2 Å². The van der Waals surface area contributed by atoms with E-state index < -0.39 is 16.2 Å². The van der Waals surface area contributed by atoms with Crippen LogP contribution >= 0.6 is 11.6 Å². The van der Waals surface area contributed by atoms with E-state index in [0.717, 1.165) is 17.0 Å². The third kappa shape index (κ3) is 2.76. The molecule has 2 heterocycles. The second kappa shape index (κ2) is 5.78. The van der Waals surface area contributed by atoms with Crippen LogP contribution in [0.25, 0.3) is 0 Å². The summed E-state index contributed by atoms with van der Waals surface area (Å²) in [7, 11) is -1.36. The van der Waals surface area contributed by atoms with Gasteiger partial charge in [-0.3, -0.25) is 13.9 Å². The third-order valence-corrected chi connectivity index (χ3v) is 5.09. The molecule has 1 aliphatic heterocycles. The fraction of sp³-hybridized carbons (Fsp3) is 0.267. The first kappa shape index (κ1) is 15.1. The lowest BCUT2D eigenvalue weighted by Crippen LogP contribution is -2.30. The van der Waals surface area contributed by atoms with Crippen molar-refractivity contribution < 1.29 is 9.00 Å². The Morgan fingerprint density at radius 2 is 1.91 bits per heavy atom. The zero-order chi connectivity index (χ0) is 15.9. The summed E-state index contributed by atoms with van der Waals surface area (Å²) in [5.74, 6) is 0.0136. The van der Waals surface area contributed by atoms with Gasteiger partial charge in [-0.2, -0.15) is 0 Å². The molecule has 5 nitrogen and oxygen atoms in total. The van der Waals surface area contributed by atoms with Gasteiger partial charge in [0.05, 0.1) is 10.8 Å². The van der Waals surface area contributed by atoms with Crippen LogP contribution in [0.5, 0.6) is 0 Å². The Morgan fingerprint density at radius 3 is 2.55 bits per heavy atom. The van der Waals surface area contributed by atoms with Crippen molar-refractivity contribution in [2.75, 3.05) is 10.7 Å². The highest BCUT2D eigenvalue weighted by Gasteiger charge is 2.41. The quantitative estimate of drug-likeness (QED) is 0.846. The van der Waals surface area contributed by atoms with Crippen molar-refractivity contribution in [3.63, 3.8) is 0 Å². The monoisotopic (exact) mass is 335 g/mol. The molecule has 0 bridgehead atoms. The Hall–Kier alpha value is -1.79. The number of carbonyl (C=O) groups excluding carboxylic acids is 1. The molecule has 22 heavy (non-hydrogen) atoms. The Morgan fingerprint density at radius 1 is 1.23 bits per heavy atom. The maximum Gasteiger partial charge on any atom is 0.243 e. The number of amides is 1. The molecule has 0 aliphatic carbocycles. The third-order valence-electron chi connectivity index (χ3n) is 3.34. The summed E-state index contributed by atoms with van der Waals surface area (Å²) in [4.78, 5) is 22.4. The van der Waals surface area contributed by atoms with Crippen LogP contribution in [0.15, 0.2) is 30.3 Å². The van der Waals surface area contributed by atoms with Gasteiger partial charge in [0.25, 0.3) is 0 Å². The fourth-order valence-electron chi connectivity index (χ4n) is 2.51. The van der Waals surface area contributed by atoms with E-state index in [2.05, 4.69) is 9.97 Å². The molecule has 2 aromatic rings. The van der Waals surface area contributed by atoms with Gasteiger partial charge in [-0.05, 0) is 37.6 Å². The Bertz CT molecular complexity index is 761. The van der Waals surface area contributed by atoms with Crippen molar-refractivity contribution in [2.24, 2.45) is 0 Å². The van der Waals surface area contributed by atoms with E-state index in [1.807, 2.05) is 26.0 Å². The summed E-state index contributed by atoms with van der Waals surface area (Å²) in [6.07, 6.45) is 0. The Balaban J connectivity index is 2.10. The number of rotatable bonds is 2. The van der Waals surface area contributed by atoms with Gasteiger partial charge in [0.15, 0.2) is 0 Å². The van der Waals surface area contributed by atoms with Gasteiger partial charge in [-0.15, -0.1) is 0 Å². The molecule has 7 heteroatoms. The molecular weight excluding hydrogens is 322 g/mol. The largest absolute Gasteiger partial charge is 0.273 e. The van der Waals surface area contributed by atoms with Crippen molar-refractivity contribution in [1.29, 1.82) is 0 Å². The molecule has 0 spiro atoms. The second-order valence-corrected chi connectivity index (χ2v) is 7.08. The van der Waals surface area contributed by atoms with E-state index in [1.54, 1.807) is 18.2 Å². The number of aromatic nitrogens is 2. The lowest BCUT2D eigenvalue weighted by molar-refractivity contribution is -0.115. The smallest absolute Gasteiger partial charge is 0.243 e. The standard InChI is InChI=1S/C15H14ClN3O2S/c1-9-6-10(2)18-15(17-9)19-13(20)8-22(21)14(19)11-4-3-5-12(16)7-11/h3-7,14H,8H2,1-2H3. The summed E-state index contributed by atoms with van der Waals surface area (Å²) in [6, 6.07) is 8.87. The predicted octanol–water partition coefficient (Wildman–Crippen LogP) is 2.54. The lowest BCUT2D eigenvalue weighted by Gasteiger charge is -2.22. The molecule has 0 radical (unpaired) electrons. The average molecular weight is 336 g/mol. The van der Waals surface area contributed by atoms with Crippen LogP contribution < -0.4 is 4.90 Å². The number of halogens is 1. The van der Waals surface area contributed by atoms with Gasteiger partial charge in [0.1, 0.15) is 11.1 Å². The Labute approximate surface area is 135 Å². The highest BCUT2D eigenvalue weighted by atomic mass is 35.5. The highest BCUT2D eigenvalue weighted by Crippen LogP contribution is 2.34.